The number of aromatic nitrogens is 2. The van der Waals surface area contributed by atoms with Crippen molar-refractivity contribution in [2.75, 3.05) is 10.6 Å². The van der Waals surface area contributed by atoms with Gasteiger partial charge in [0.25, 0.3) is 5.91 Å². The molecular weight excluding hydrogens is 453 g/mol. The van der Waals surface area contributed by atoms with Crippen LogP contribution in [0.5, 0.6) is 0 Å². The van der Waals surface area contributed by atoms with Gasteiger partial charge in [-0.15, -0.1) is 0 Å². The fraction of sp³-hybridized carbons (Fsp3) is 0.182. The van der Waals surface area contributed by atoms with Gasteiger partial charge in [0.15, 0.2) is 11.6 Å². The van der Waals surface area contributed by atoms with E-state index in [2.05, 4.69) is 25.9 Å². The number of rotatable bonds is 8. The number of anilines is 3. The van der Waals surface area contributed by atoms with Crippen LogP contribution in [0.15, 0.2) is 42.6 Å². The highest BCUT2D eigenvalue weighted by Gasteiger charge is 2.24. The second kappa shape index (κ2) is 10.1. The van der Waals surface area contributed by atoms with Crippen LogP contribution in [-0.2, 0) is 0 Å². The molecule has 0 aliphatic carbocycles. The van der Waals surface area contributed by atoms with Crippen LogP contribution >= 0.6 is 0 Å². The number of nitrogens with two attached hydrogens (primary N) is 1. The molecule has 0 fully saturated rings. The topological polar surface area (TPSA) is 142 Å². The van der Waals surface area contributed by atoms with E-state index < -0.39 is 41.5 Å². The van der Waals surface area contributed by atoms with E-state index in [9.17, 15) is 22.8 Å². The van der Waals surface area contributed by atoms with Gasteiger partial charge in [-0.3, -0.25) is 9.78 Å². The van der Waals surface area contributed by atoms with E-state index in [4.69, 9.17) is 10.8 Å². The van der Waals surface area contributed by atoms with E-state index in [1.807, 2.05) is 0 Å². The summed E-state index contributed by atoms with van der Waals surface area (Å²) in [5.41, 5.74) is 5.75. The molecule has 2 heterocycles. The molecule has 0 aliphatic heterocycles. The summed E-state index contributed by atoms with van der Waals surface area (Å²) < 4.78 is 42.2. The Morgan fingerprint density at radius 2 is 1.74 bits per heavy atom. The van der Waals surface area contributed by atoms with E-state index in [-0.39, 0.29) is 28.6 Å². The molecule has 1 aromatic carbocycles. The SMILES string of the molecule is Cc1ncc(Nc2nc(N[C@@H](c3ccc(F)cc3)[C@H](C)NC(=O)O)c(F)cc2C(N)=O)cc1F. The highest BCUT2D eigenvalue weighted by Crippen LogP contribution is 2.28. The second-order valence-corrected chi connectivity index (χ2v) is 7.41. The summed E-state index contributed by atoms with van der Waals surface area (Å²) in [6, 6.07) is 5.41. The Morgan fingerprint density at radius 3 is 2.32 bits per heavy atom. The fourth-order valence-electron chi connectivity index (χ4n) is 3.18. The number of hydrogen-bond acceptors (Lipinski definition) is 6. The molecule has 3 aromatic rings. The zero-order valence-electron chi connectivity index (χ0n) is 18.1. The van der Waals surface area contributed by atoms with E-state index in [0.29, 0.717) is 5.56 Å². The van der Waals surface area contributed by atoms with Gasteiger partial charge in [-0.1, -0.05) is 12.1 Å². The summed E-state index contributed by atoms with van der Waals surface area (Å²) in [4.78, 5) is 31.0. The summed E-state index contributed by atoms with van der Waals surface area (Å²) in [7, 11) is 0. The normalized spacial score (nSPS) is 12.5. The number of carboxylic acid groups (broad SMARTS) is 1. The minimum Gasteiger partial charge on any atom is -0.465 e. The number of pyridine rings is 2. The number of amides is 2. The highest BCUT2D eigenvalue weighted by atomic mass is 19.1. The Hall–Kier alpha value is -4.35. The van der Waals surface area contributed by atoms with E-state index in [0.717, 1.165) is 12.1 Å². The molecule has 0 saturated heterocycles. The molecule has 178 valence electrons. The number of halogens is 3. The average molecular weight is 474 g/mol. The molecule has 9 nitrogen and oxygen atoms in total. The van der Waals surface area contributed by atoms with Crippen LogP contribution in [-0.4, -0.2) is 33.1 Å². The first kappa shape index (κ1) is 24.3. The van der Waals surface area contributed by atoms with Crippen molar-refractivity contribution < 1.29 is 27.9 Å². The van der Waals surface area contributed by atoms with Gasteiger partial charge in [0.05, 0.1) is 35.2 Å². The summed E-state index contributed by atoms with van der Waals surface area (Å²) in [5.74, 6) is -3.61. The Kier molecular flexibility index (Phi) is 7.19. The Bertz CT molecular complexity index is 1220. The predicted octanol–water partition coefficient (Wildman–Crippen LogP) is 3.85. The summed E-state index contributed by atoms with van der Waals surface area (Å²) in [6.45, 7) is 2.98. The third kappa shape index (κ3) is 5.71. The molecule has 6 N–H and O–H groups in total. The Morgan fingerprint density at radius 1 is 1.06 bits per heavy atom. The molecule has 2 atom stereocenters. The van der Waals surface area contributed by atoms with E-state index in [1.165, 1.54) is 44.3 Å². The highest BCUT2D eigenvalue weighted by molar-refractivity contribution is 5.98. The predicted molar refractivity (Wildman–Crippen MR) is 118 cm³/mol. The van der Waals surface area contributed by atoms with Crippen LogP contribution in [0.1, 0.15) is 34.6 Å². The maximum atomic E-state index is 14.9. The van der Waals surface area contributed by atoms with Gasteiger partial charge in [0.2, 0.25) is 0 Å². The van der Waals surface area contributed by atoms with Crippen molar-refractivity contribution >= 4 is 29.3 Å². The minimum absolute atomic E-state index is 0.131. The van der Waals surface area contributed by atoms with Crippen LogP contribution in [0.4, 0.5) is 35.3 Å². The van der Waals surface area contributed by atoms with Gasteiger partial charge >= 0.3 is 6.09 Å². The molecule has 0 radical (unpaired) electrons. The molecule has 12 heteroatoms. The van der Waals surface area contributed by atoms with Crippen molar-refractivity contribution in [3.8, 4) is 0 Å². The number of primary amides is 1. The first-order chi connectivity index (χ1) is 16.0. The maximum Gasteiger partial charge on any atom is 0.404 e. The molecule has 2 amide bonds. The van der Waals surface area contributed by atoms with Crippen LogP contribution in [0, 0.1) is 24.4 Å². The fourth-order valence-corrected chi connectivity index (χ4v) is 3.18. The van der Waals surface area contributed by atoms with E-state index in [1.54, 1.807) is 0 Å². The third-order valence-corrected chi connectivity index (χ3v) is 4.90. The second-order valence-electron chi connectivity index (χ2n) is 7.41. The monoisotopic (exact) mass is 474 g/mol. The number of carbonyl (C=O) groups excluding carboxylic acids is 1. The van der Waals surface area contributed by atoms with Crippen molar-refractivity contribution in [3.63, 3.8) is 0 Å². The lowest BCUT2D eigenvalue weighted by atomic mass is 10.00. The minimum atomic E-state index is -1.32. The average Bonchev–Trinajstić information content (AvgIpc) is 2.76. The Balaban J connectivity index is 2.02. The molecule has 3 rings (SSSR count). The number of aryl methyl sites for hydroxylation is 1. The number of carbonyl (C=O) groups is 2. The molecule has 34 heavy (non-hydrogen) atoms. The van der Waals surface area contributed by atoms with Crippen molar-refractivity contribution in [1.82, 2.24) is 15.3 Å². The zero-order chi connectivity index (χ0) is 25.0. The lowest BCUT2D eigenvalue weighted by Gasteiger charge is -2.26. The third-order valence-electron chi connectivity index (χ3n) is 4.90. The van der Waals surface area contributed by atoms with Gasteiger partial charge in [-0.2, -0.15) is 0 Å². The molecule has 0 bridgehead atoms. The summed E-state index contributed by atoms with van der Waals surface area (Å²) in [6.07, 6.45) is -0.0308. The van der Waals surface area contributed by atoms with Crippen LogP contribution < -0.4 is 21.7 Å². The standard InChI is InChI=1S/C22H21F3N6O3/c1-10-16(24)7-14(9-27-10)29-20-15(19(26)32)8-17(25)21(31-20)30-18(11(2)28-22(33)34)12-3-5-13(23)6-4-12/h3-9,11,18,28H,1-2H3,(H2,26,32)(H,33,34)(H2,29,30,31)/t11-,18+/m0/s1. The van der Waals surface area contributed by atoms with Gasteiger partial charge in [-0.05, 0) is 37.6 Å². The molecule has 0 saturated carbocycles. The number of hydrogen-bond donors (Lipinski definition) is 5. The molecule has 0 spiro atoms. The quantitative estimate of drug-likeness (QED) is 0.334. The van der Waals surface area contributed by atoms with Crippen LogP contribution in [0.25, 0.3) is 0 Å². The molecular formula is C22H21F3N6O3. The smallest absolute Gasteiger partial charge is 0.404 e. The lowest BCUT2D eigenvalue weighted by molar-refractivity contribution is 0.1000. The van der Waals surface area contributed by atoms with Crippen LogP contribution in [0.2, 0.25) is 0 Å². The van der Waals surface area contributed by atoms with Gasteiger partial charge < -0.3 is 26.8 Å². The molecule has 2 aromatic heterocycles. The summed E-state index contributed by atoms with van der Waals surface area (Å²) in [5, 5.41) is 16.8. The molecule has 0 aliphatic rings. The van der Waals surface area contributed by atoms with E-state index >= 15 is 0 Å². The van der Waals surface area contributed by atoms with Crippen LogP contribution in [0.3, 0.4) is 0 Å². The van der Waals surface area contributed by atoms with Gasteiger partial charge in [0, 0.05) is 6.07 Å². The largest absolute Gasteiger partial charge is 0.465 e. The van der Waals surface area contributed by atoms with Crippen molar-refractivity contribution in [2.24, 2.45) is 5.73 Å². The zero-order valence-corrected chi connectivity index (χ0v) is 18.1. The number of nitrogens with zero attached hydrogens (tertiary/aromatic N) is 2. The molecule has 0 unspecified atom stereocenters. The first-order valence-electron chi connectivity index (χ1n) is 9.96. The number of benzene rings is 1. The maximum absolute atomic E-state index is 14.9. The Labute approximate surface area is 192 Å². The lowest BCUT2D eigenvalue weighted by Crippen LogP contribution is -2.39. The number of nitrogens with one attached hydrogen (secondary N) is 3. The van der Waals surface area contributed by atoms with Gasteiger partial charge in [-0.25, -0.2) is 22.9 Å². The van der Waals surface area contributed by atoms with Gasteiger partial charge in [0.1, 0.15) is 17.5 Å². The van der Waals surface area contributed by atoms with Crippen molar-refractivity contribution in [2.45, 2.75) is 25.9 Å². The van der Waals surface area contributed by atoms with Crippen molar-refractivity contribution in [1.29, 1.82) is 0 Å². The first-order valence-corrected chi connectivity index (χ1v) is 9.96. The van der Waals surface area contributed by atoms with Crippen molar-refractivity contribution in [3.05, 3.63) is 76.9 Å². The summed E-state index contributed by atoms with van der Waals surface area (Å²) >= 11 is 0.